The zero-order chi connectivity index (χ0) is 15.5. The minimum atomic E-state index is -0.347. The summed E-state index contributed by atoms with van der Waals surface area (Å²) in [5.41, 5.74) is 3.05. The summed E-state index contributed by atoms with van der Waals surface area (Å²) in [7, 11) is 0. The van der Waals surface area contributed by atoms with Gasteiger partial charge in [-0.1, -0.05) is 24.3 Å². The van der Waals surface area contributed by atoms with Crippen molar-refractivity contribution in [3.8, 4) is 0 Å². The van der Waals surface area contributed by atoms with Crippen LogP contribution in [-0.2, 0) is 11.2 Å². The van der Waals surface area contributed by atoms with Crippen LogP contribution < -0.4 is 10.2 Å². The van der Waals surface area contributed by atoms with Crippen molar-refractivity contribution in [2.75, 3.05) is 16.8 Å². The fourth-order valence-corrected chi connectivity index (χ4v) is 2.98. The highest BCUT2D eigenvalue weighted by Crippen LogP contribution is 2.31. The van der Waals surface area contributed by atoms with Crippen molar-refractivity contribution in [2.45, 2.75) is 25.8 Å². The molecule has 3 rings (SSSR count). The molecule has 0 saturated carbocycles. The number of nitrogens with one attached hydrogen (secondary N) is 1. The molecule has 1 heterocycles. The maximum atomic E-state index is 13.1. The molecule has 0 aliphatic carbocycles. The minimum Gasteiger partial charge on any atom is -0.368 e. The van der Waals surface area contributed by atoms with Crippen LogP contribution in [0.25, 0.3) is 0 Å². The van der Waals surface area contributed by atoms with Crippen molar-refractivity contribution in [3.05, 3.63) is 59.9 Å². The third-order valence-corrected chi connectivity index (χ3v) is 4.04. The summed E-state index contributed by atoms with van der Waals surface area (Å²) in [6.07, 6.45) is 1.40. The number of carbonyl (C=O) groups is 1. The number of anilines is 2. The van der Waals surface area contributed by atoms with Crippen molar-refractivity contribution < 1.29 is 9.18 Å². The van der Waals surface area contributed by atoms with Crippen LogP contribution in [0.3, 0.4) is 0 Å². The monoisotopic (exact) mass is 298 g/mol. The molecule has 1 amide bonds. The van der Waals surface area contributed by atoms with Gasteiger partial charge in [0.15, 0.2) is 0 Å². The van der Waals surface area contributed by atoms with Crippen LogP contribution >= 0.6 is 0 Å². The Labute approximate surface area is 129 Å². The van der Waals surface area contributed by atoms with Crippen LogP contribution in [0.2, 0.25) is 0 Å². The van der Waals surface area contributed by atoms with Crippen molar-refractivity contribution in [2.24, 2.45) is 0 Å². The molecule has 0 bridgehead atoms. The van der Waals surface area contributed by atoms with Crippen LogP contribution in [0.1, 0.15) is 18.9 Å². The predicted molar refractivity (Wildman–Crippen MR) is 86.6 cm³/mol. The standard InChI is InChI=1S/C18H19FN2O/c1-13-11-14-5-2-3-8-17(14)21(13)10-9-18(22)20-16-7-4-6-15(19)12-16/h2-8,12-13H,9-11H2,1H3,(H,20,22). The average Bonchev–Trinajstić information content (AvgIpc) is 2.80. The Kier molecular flexibility index (Phi) is 4.09. The summed E-state index contributed by atoms with van der Waals surface area (Å²) in [4.78, 5) is 14.3. The van der Waals surface area contributed by atoms with E-state index in [0.29, 0.717) is 24.7 Å². The number of amides is 1. The maximum Gasteiger partial charge on any atom is 0.226 e. The Bertz CT molecular complexity index is 686. The van der Waals surface area contributed by atoms with Gasteiger partial charge in [-0.15, -0.1) is 0 Å². The number of halogens is 1. The van der Waals surface area contributed by atoms with Gasteiger partial charge in [-0.2, -0.15) is 0 Å². The van der Waals surface area contributed by atoms with E-state index in [1.807, 2.05) is 12.1 Å². The highest BCUT2D eigenvalue weighted by molar-refractivity contribution is 5.91. The number of para-hydroxylation sites is 1. The fourth-order valence-electron chi connectivity index (χ4n) is 2.98. The molecular weight excluding hydrogens is 279 g/mol. The Morgan fingerprint density at radius 3 is 2.91 bits per heavy atom. The van der Waals surface area contributed by atoms with Gasteiger partial charge < -0.3 is 10.2 Å². The Hall–Kier alpha value is -2.36. The van der Waals surface area contributed by atoms with Crippen LogP contribution in [0.15, 0.2) is 48.5 Å². The lowest BCUT2D eigenvalue weighted by Gasteiger charge is -2.24. The number of fused-ring (bicyclic) bond motifs is 1. The van der Waals surface area contributed by atoms with E-state index in [1.54, 1.807) is 12.1 Å². The first-order valence-corrected chi connectivity index (χ1v) is 7.53. The van der Waals surface area contributed by atoms with Crippen LogP contribution in [0.4, 0.5) is 15.8 Å². The zero-order valence-corrected chi connectivity index (χ0v) is 12.6. The van der Waals surface area contributed by atoms with Gasteiger partial charge >= 0.3 is 0 Å². The quantitative estimate of drug-likeness (QED) is 0.935. The van der Waals surface area contributed by atoms with Crippen LogP contribution in [-0.4, -0.2) is 18.5 Å². The third-order valence-electron chi connectivity index (χ3n) is 4.04. The molecule has 0 spiro atoms. The predicted octanol–water partition coefficient (Wildman–Crippen LogP) is 3.61. The number of carbonyl (C=O) groups excluding carboxylic acids is 1. The fraction of sp³-hybridized carbons (Fsp3) is 0.278. The van der Waals surface area contributed by atoms with E-state index in [9.17, 15) is 9.18 Å². The molecule has 114 valence electrons. The molecule has 1 aliphatic rings. The van der Waals surface area contributed by atoms with E-state index in [2.05, 4.69) is 29.3 Å². The number of nitrogens with zero attached hydrogens (tertiary/aromatic N) is 1. The van der Waals surface area contributed by atoms with E-state index in [-0.39, 0.29) is 11.7 Å². The number of hydrogen-bond donors (Lipinski definition) is 1. The zero-order valence-electron chi connectivity index (χ0n) is 12.6. The molecule has 1 unspecified atom stereocenters. The second-order valence-corrected chi connectivity index (χ2v) is 5.68. The first-order chi connectivity index (χ1) is 10.6. The molecule has 2 aromatic rings. The lowest BCUT2D eigenvalue weighted by Crippen LogP contribution is -2.32. The molecule has 1 aliphatic heterocycles. The summed E-state index contributed by atoms with van der Waals surface area (Å²) < 4.78 is 13.1. The summed E-state index contributed by atoms with van der Waals surface area (Å²) in [5.74, 6) is -0.443. The van der Waals surface area contributed by atoms with Gasteiger partial charge in [-0.25, -0.2) is 4.39 Å². The SMILES string of the molecule is CC1Cc2ccccc2N1CCC(=O)Nc1cccc(F)c1. The summed E-state index contributed by atoms with van der Waals surface area (Å²) >= 11 is 0. The molecular formula is C18H19FN2O. The lowest BCUT2D eigenvalue weighted by molar-refractivity contribution is -0.116. The van der Waals surface area contributed by atoms with Gasteiger partial charge in [-0.3, -0.25) is 4.79 Å². The first-order valence-electron chi connectivity index (χ1n) is 7.53. The summed E-state index contributed by atoms with van der Waals surface area (Å²) in [6.45, 7) is 2.84. The van der Waals surface area contributed by atoms with Crippen LogP contribution in [0, 0.1) is 5.82 Å². The van der Waals surface area contributed by atoms with E-state index in [4.69, 9.17) is 0 Å². The molecule has 4 heteroatoms. The Morgan fingerprint density at radius 2 is 2.09 bits per heavy atom. The topological polar surface area (TPSA) is 32.3 Å². The van der Waals surface area contributed by atoms with Crippen LogP contribution in [0.5, 0.6) is 0 Å². The lowest BCUT2D eigenvalue weighted by atomic mass is 10.1. The van der Waals surface area contributed by atoms with Gasteiger partial charge in [0.25, 0.3) is 0 Å². The number of benzene rings is 2. The highest BCUT2D eigenvalue weighted by Gasteiger charge is 2.25. The largest absolute Gasteiger partial charge is 0.368 e. The summed E-state index contributed by atoms with van der Waals surface area (Å²) in [5, 5.41) is 2.74. The van der Waals surface area contributed by atoms with Gasteiger partial charge in [-0.05, 0) is 43.2 Å². The molecule has 1 atom stereocenters. The second kappa shape index (κ2) is 6.18. The maximum absolute atomic E-state index is 13.1. The smallest absolute Gasteiger partial charge is 0.226 e. The molecule has 0 saturated heterocycles. The van der Waals surface area contributed by atoms with E-state index >= 15 is 0 Å². The van der Waals surface area contributed by atoms with Crippen molar-refractivity contribution in [1.82, 2.24) is 0 Å². The van der Waals surface area contributed by atoms with E-state index < -0.39 is 0 Å². The molecule has 22 heavy (non-hydrogen) atoms. The molecule has 0 aromatic heterocycles. The normalized spacial score (nSPS) is 16.5. The van der Waals surface area contributed by atoms with Crippen molar-refractivity contribution in [1.29, 1.82) is 0 Å². The Morgan fingerprint density at radius 1 is 1.27 bits per heavy atom. The second-order valence-electron chi connectivity index (χ2n) is 5.68. The van der Waals surface area contributed by atoms with Gasteiger partial charge in [0.05, 0.1) is 0 Å². The number of rotatable bonds is 4. The van der Waals surface area contributed by atoms with Gasteiger partial charge in [0, 0.05) is 30.4 Å². The van der Waals surface area contributed by atoms with Crippen molar-refractivity contribution >= 4 is 17.3 Å². The molecule has 1 N–H and O–H groups in total. The molecule has 0 radical (unpaired) electrons. The average molecular weight is 298 g/mol. The van der Waals surface area contributed by atoms with E-state index in [1.165, 1.54) is 23.4 Å². The third kappa shape index (κ3) is 3.11. The molecule has 3 nitrogen and oxygen atoms in total. The Balaban J connectivity index is 1.60. The minimum absolute atomic E-state index is 0.0952. The van der Waals surface area contributed by atoms with Crippen molar-refractivity contribution in [3.63, 3.8) is 0 Å². The van der Waals surface area contributed by atoms with Gasteiger partial charge in [0.2, 0.25) is 5.91 Å². The number of hydrogen-bond acceptors (Lipinski definition) is 2. The molecule has 0 fully saturated rings. The highest BCUT2D eigenvalue weighted by atomic mass is 19.1. The summed E-state index contributed by atoms with van der Waals surface area (Å²) in [6, 6.07) is 14.7. The van der Waals surface area contributed by atoms with E-state index in [0.717, 1.165) is 6.42 Å². The first kappa shape index (κ1) is 14.6. The van der Waals surface area contributed by atoms with Gasteiger partial charge in [0.1, 0.15) is 5.82 Å². The molecule has 2 aromatic carbocycles.